The second-order valence-corrected chi connectivity index (χ2v) is 4.19. The largest absolute Gasteiger partial charge is 0.357 e. The average Bonchev–Trinajstić information content (AvgIpc) is 2.74. The minimum atomic E-state index is 0.681. The first kappa shape index (κ1) is 8.92. The summed E-state index contributed by atoms with van der Waals surface area (Å²) in [5, 5.41) is 3.39. The van der Waals surface area contributed by atoms with Crippen molar-refractivity contribution < 1.29 is 0 Å². The number of hydrogen-bond acceptors (Lipinski definition) is 2. The van der Waals surface area contributed by atoms with E-state index < -0.39 is 0 Å². The normalized spacial score (nSPS) is 18.4. The summed E-state index contributed by atoms with van der Waals surface area (Å²) >= 11 is 0. The molecule has 78 valence electrons. The lowest BCUT2D eigenvalue weighted by Gasteiger charge is -2.21. The molecule has 1 fully saturated rings. The standard InChI is InChI=1S/C12H15N3/c1-2-10-12(14-5-1)8-11(15-10)9-3-6-13-7-4-9/h1-2,5,8-9,13,15H,3-4,6-7H2. The maximum absolute atomic E-state index is 4.35. The summed E-state index contributed by atoms with van der Waals surface area (Å²) in [7, 11) is 0. The van der Waals surface area contributed by atoms with Crippen molar-refractivity contribution in [1.82, 2.24) is 15.3 Å². The molecule has 0 bridgehead atoms. The fourth-order valence-corrected chi connectivity index (χ4v) is 2.33. The number of nitrogens with one attached hydrogen (secondary N) is 2. The highest BCUT2D eigenvalue weighted by Crippen LogP contribution is 2.26. The number of pyridine rings is 1. The maximum Gasteiger partial charge on any atom is 0.0881 e. The van der Waals surface area contributed by atoms with E-state index in [0.717, 1.165) is 24.1 Å². The van der Waals surface area contributed by atoms with Crippen molar-refractivity contribution in [2.24, 2.45) is 0 Å². The Kier molecular flexibility index (Phi) is 2.18. The third-order valence-corrected chi connectivity index (χ3v) is 3.19. The SMILES string of the molecule is c1cnc2cc(C3CCNCC3)[nH]c2c1. The summed E-state index contributed by atoms with van der Waals surface area (Å²) in [5.74, 6) is 0.681. The Labute approximate surface area is 88.9 Å². The Morgan fingerprint density at radius 3 is 2.93 bits per heavy atom. The van der Waals surface area contributed by atoms with Crippen molar-refractivity contribution in [1.29, 1.82) is 0 Å². The molecule has 0 saturated carbocycles. The molecule has 0 aromatic carbocycles. The van der Waals surface area contributed by atoms with E-state index in [0.29, 0.717) is 5.92 Å². The van der Waals surface area contributed by atoms with Crippen molar-refractivity contribution in [3.8, 4) is 0 Å². The van der Waals surface area contributed by atoms with Crippen LogP contribution in [0.1, 0.15) is 24.5 Å². The third-order valence-electron chi connectivity index (χ3n) is 3.19. The first-order chi connectivity index (χ1) is 7.43. The molecule has 3 heteroatoms. The Balaban J connectivity index is 1.96. The number of fused-ring (bicyclic) bond motifs is 1. The molecule has 0 amide bonds. The Morgan fingerprint density at radius 1 is 1.27 bits per heavy atom. The molecule has 1 aliphatic rings. The summed E-state index contributed by atoms with van der Waals surface area (Å²) in [6, 6.07) is 6.27. The highest BCUT2D eigenvalue weighted by Gasteiger charge is 2.16. The summed E-state index contributed by atoms with van der Waals surface area (Å²) in [6.45, 7) is 2.26. The van der Waals surface area contributed by atoms with Gasteiger partial charge in [0.1, 0.15) is 0 Å². The van der Waals surface area contributed by atoms with Gasteiger partial charge in [0.05, 0.1) is 11.0 Å². The van der Waals surface area contributed by atoms with Gasteiger partial charge in [0.15, 0.2) is 0 Å². The second-order valence-electron chi connectivity index (χ2n) is 4.19. The molecule has 3 nitrogen and oxygen atoms in total. The Hall–Kier alpha value is -1.35. The molecule has 2 aromatic rings. The van der Waals surface area contributed by atoms with E-state index in [4.69, 9.17) is 0 Å². The van der Waals surface area contributed by atoms with Crippen molar-refractivity contribution in [2.45, 2.75) is 18.8 Å². The average molecular weight is 201 g/mol. The topological polar surface area (TPSA) is 40.7 Å². The second kappa shape index (κ2) is 3.66. The van der Waals surface area contributed by atoms with E-state index >= 15 is 0 Å². The molecule has 0 radical (unpaired) electrons. The van der Waals surface area contributed by atoms with Crippen LogP contribution in [0, 0.1) is 0 Å². The first-order valence-corrected chi connectivity index (χ1v) is 5.58. The van der Waals surface area contributed by atoms with Gasteiger partial charge in [-0.2, -0.15) is 0 Å². The van der Waals surface area contributed by atoms with Gasteiger partial charge in [0.25, 0.3) is 0 Å². The van der Waals surface area contributed by atoms with Crippen LogP contribution in [0.4, 0.5) is 0 Å². The molecule has 3 rings (SSSR count). The smallest absolute Gasteiger partial charge is 0.0881 e. The molecule has 2 N–H and O–H groups in total. The maximum atomic E-state index is 4.35. The summed E-state index contributed by atoms with van der Waals surface area (Å²) in [5.41, 5.74) is 3.60. The molecular weight excluding hydrogens is 186 g/mol. The van der Waals surface area contributed by atoms with Crippen LogP contribution in [0.5, 0.6) is 0 Å². The number of H-pyrrole nitrogens is 1. The van der Waals surface area contributed by atoms with Gasteiger partial charge < -0.3 is 10.3 Å². The molecule has 3 heterocycles. The summed E-state index contributed by atoms with van der Waals surface area (Å²) in [6.07, 6.45) is 4.31. The monoisotopic (exact) mass is 201 g/mol. The summed E-state index contributed by atoms with van der Waals surface area (Å²) in [4.78, 5) is 7.82. The van der Waals surface area contributed by atoms with Gasteiger partial charge >= 0.3 is 0 Å². The number of aromatic nitrogens is 2. The highest BCUT2D eigenvalue weighted by atomic mass is 14.9. The van der Waals surface area contributed by atoms with Crippen molar-refractivity contribution in [3.63, 3.8) is 0 Å². The van der Waals surface area contributed by atoms with Crippen LogP contribution in [0.25, 0.3) is 11.0 Å². The molecule has 1 aliphatic heterocycles. The third kappa shape index (κ3) is 1.63. The zero-order valence-corrected chi connectivity index (χ0v) is 8.66. The van der Waals surface area contributed by atoms with Crippen molar-refractivity contribution in [3.05, 3.63) is 30.1 Å². The lowest BCUT2D eigenvalue weighted by atomic mass is 9.95. The van der Waals surface area contributed by atoms with Crippen LogP contribution in [0.15, 0.2) is 24.4 Å². The van der Waals surface area contributed by atoms with Gasteiger partial charge in [-0.25, -0.2) is 0 Å². The van der Waals surface area contributed by atoms with Crippen molar-refractivity contribution in [2.75, 3.05) is 13.1 Å². The Bertz CT molecular complexity index is 422. The fourth-order valence-electron chi connectivity index (χ4n) is 2.33. The molecule has 0 atom stereocenters. The van der Waals surface area contributed by atoms with Gasteiger partial charge in [-0.3, -0.25) is 4.98 Å². The highest BCUT2D eigenvalue weighted by molar-refractivity contribution is 5.75. The number of aromatic amines is 1. The van der Waals surface area contributed by atoms with Gasteiger partial charge in [-0.05, 0) is 44.1 Å². The lowest BCUT2D eigenvalue weighted by molar-refractivity contribution is 0.455. The van der Waals surface area contributed by atoms with E-state index in [-0.39, 0.29) is 0 Å². The molecule has 0 aliphatic carbocycles. The Morgan fingerprint density at radius 2 is 2.13 bits per heavy atom. The molecule has 15 heavy (non-hydrogen) atoms. The van der Waals surface area contributed by atoms with Gasteiger partial charge in [-0.15, -0.1) is 0 Å². The zero-order valence-electron chi connectivity index (χ0n) is 8.66. The van der Waals surface area contributed by atoms with E-state index in [1.165, 1.54) is 18.5 Å². The quantitative estimate of drug-likeness (QED) is 0.741. The number of hydrogen-bond donors (Lipinski definition) is 2. The number of piperidine rings is 1. The minimum absolute atomic E-state index is 0.681. The van der Waals surface area contributed by atoms with Gasteiger partial charge in [0.2, 0.25) is 0 Å². The van der Waals surface area contributed by atoms with E-state index in [9.17, 15) is 0 Å². The van der Waals surface area contributed by atoms with E-state index in [1.54, 1.807) is 0 Å². The molecule has 2 aromatic heterocycles. The van der Waals surface area contributed by atoms with Crippen LogP contribution >= 0.6 is 0 Å². The number of rotatable bonds is 1. The van der Waals surface area contributed by atoms with Gasteiger partial charge in [-0.1, -0.05) is 0 Å². The van der Waals surface area contributed by atoms with Crippen molar-refractivity contribution >= 4 is 11.0 Å². The number of nitrogens with zero attached hydrogens (tertiary/aromatic N) is 1. The van der Waals surface area contributed by atoms with Crippen LogP contribution in [0.2, 0.25) is 0 Å². The first-order valence-electron chi connectivity index (χ1n) is 5.58. The zero-order chi connectivity index (χ0) is 10.1. The molecule has 0 unspecified atom stereocenters. The van der Waals surface area contributed by atoms with Crippen LogP contribution in [0.3, 0.4) is 0 Å². The van der Waals surface area contributed by atoms with Crippen LogP contribution < -0.4 is 5.32 Å². The lowest BCUT2D eigenvalue weighted by Crippen LogP contribution is -2.26. The predicted molar refractivity (Wildman–Crippen MR) is 60.9 cm³/mol. The van der Waals surface area contributed by atoms with Gasteiger partial charge in [0, 0.05) is 17.8 Å². The molecule has 1 saturated heterocycles. The van der Waals surface area contributed by atoms with E-state index in [1.807, 2.05) is 12.3 Å². The molecule has 0 spiro atoms. The summed E-state index contributed by atoms with van der Waals surface area (Å²) < 4.78 is 0. The van der Waals surface area contributed by atoms with Crippen LogP contribution in [-0.2, 0) is 0 Å². The molecular formula is C12H15N3. The predicted octanol–water partition coefficient (Wildman–Crippen LogP) is 2.03. The minimum Gasteiger partial charge on any atom is -0.357 e. The van der Waals surface area contributed by atoms with Crippen LogP contribution in [-0.4, -0.2) is 23.1 Å². The van der Waals surface area contributed by atoms with E-state index in [2.05, 4.69) is 27.4 Å². The fraction of sp³-hybridized carbons (Fsp3) is 0.417.